The van der Waals surface area contributed by atoms with Gasteiger partial charge in [0.25, 0.3) is 0 Å². The molecule has 0 saturated heterocycles. The minimum Gasteiger partial charge on any atom is -0.269 e. The zero-order valence-corrected chi connectivity index (χ0v) is 3.34. The smallest absolute Gasteiger partial charge is 0.269 e. The van der Waals surface area contributed by atoms with Crippen molar-refractivity contribution in [2.24, 2.45) is 0 Å². The van der Waals surface area contributed by atoms with Gasteiger partial charge in [0.05, 0.1) is 0 Å². The lowest BCUT2D eigenvalue weighted by atomic mass is 15.8. The van der Waals surface area contributed by atoms with Gasteiger partial charge in [-0.05, 0) is 0 Å². The average molecular weight is 148 g/mol. The quantitative estimate of drug-likeness (QED) is 0.317. The molecule has 0 bridgehead atoms. The molecular weight excluding hydrogens is 142 g/mol. The molecule has 0 spiro atoms. The molecule has 0 radical (unpaired) electrons. The Morgan fingerprint density at radius 3 is 1.14 bits per heavy atom. The molecule has 7 heavy (non-hydrogen) atoms. The van der Waals surface area contributed by atoms with E-state index in [4.69, 9.17) is 17.5 Å². The minimum absolute atomic E-state index is 0. The van der Waals surface area contributed by atoms with E-state index in [0.29, 0.717) is 0 Å². The maximum absolute atomic E-state index is 8.74. The van der Waals surface area contributed by atoms with Crippen molar-refractivity contribution in [3.05, 3.63) is 0 Å². The zero-order chi connectivity index (χ0) is 4.50. The fraction of sp³-hybridized carbons (Fsp3) is 0. The van der Waals surface area contributed by atoms with Gasteiger partial charge < -0.3 is 0 Å². The molecule has 0 fully saturated rings. The molecule has 0 unspecified atom stereocenters. The average Bonchev–Trinajstić information content (AvgIpc) is 0.722. The second-order valence-electron chi connectivity index (χ2n) is 0.448. The van der Waals surface area contributed by atoms with Crippen molar-refractivity contribution in [1.29, 1.82) is 0 Å². The van der Waals surface area contributed by atoms with Crippen molar-refractivity contribution in [1.82, 2.24) is 0 Å². The molecule has 0 heterocycles. The normalized spacial score (nSPS) is 8.29. The van der Waals surface area contributed by atoms with Gasteiger partial charge in [0.1, 0.15) is 0 Å². The highest BCUT2D eigenvalue weighted by Gasteiger charge is 1.84. The van der Waals surface area contributed by atoms with Crippen LogP contribution in [-0.4, -0.2) is 34.9 Å². The van der Waals surface area contributed by atoms with Crippen molar-refractivity contribution < 1.29 is 22.2 Å². The Morgan fingerprint density at radius 1 is 1.14 bits per heavy atom. The topological polar surface area (TPSA) is 74.6 Å². The molecule has 0 aromatic carbocycles. The standard InChI is InChI=1S/Al.FH.H2O4S.3H/c;;1-5(2,3)4;;;/h;1H;(H2,1,2,3,4);;;. The second-order valence-corrected chi connectivity index (χ2v) is 1.34. The summed E-state index contributed by atoms with van der Waals surface area (Å²) in [5.74, 6) is 0. The van der Waals surface area contributed by atoms with Gasteiger partial charge in [0, 0.05) is 0 Å². The molecule has 4 nitrogen and oxygen atoms in total. The summed E-state index contributed by atoms with van der Waals surface area (Å²) in [4.78, 5) is 0. The van der Waals surface area contributed by atoms with Gasteiger partial charge in [-0.25, -0.2) is 0 Å². The van der Waals surface area contributed by atoms with E-state index in [2.05, 4.69) is 0 Å². The SMILES string of the molecule is F.O=S(=O)(O)O.[AlH3]. The van der Waals surface area contributed by atoms with Crippen LogP contribution in [0.5, 0.6) is 0 Å². The molecule has 0 aliphatic heterocycles. The molecule has 7 heteroatoms. The zero-order valence-electron chi connectivity index (χ0n) is 2.53. The second kappa shape index (κ2) is 4.49. The Balaban J connectivity index is -0.0000000800. The lowest BCUT2D eigenvalue weighted by Crippen LogP contribution is -1.89. The summed E-state index contributed by atoms with van der Waals surface area (Å²) >= 11 is 0. The van der Waals surface area contributed by atoms with Crippen LogP contribution in [0, 0.1) is 0 Å². The largest absolute Gasteiger partial charge is 0.394 e. The number of hydrogen-bond donors (Lipinski definition) is 2. The first-order chi connectivity index (χ1) is 2.00. The van der Waals surface area contributed by atoms with E-state index < -0.39 is 10.4 Å². The summed E-state index contributed by atoms with van der Waals surface area (Å²) in [5.41, 5.74) is 0. The van der Waals surface area contributed by atoms with Crippen LogP contribution in [0.3, 0.4) is 0 Å². The van der Waals surface area contributed by atoms with Crippen molar-refractivity contribution in [2.45, 2.75) is 0 Å². The Morgan fingerprint density at radius 2 is 1.14 bits per heavy atom. The lowest BCUT2D eigenvalue weighted by molar-refractivity contribution is 0.381. The highest BCUT2D eigenvalue weighted by molar-refractivity contribution is 7.79. The van der Waals surface area contributed by atoms with Crippen LogP contribution in [0.15, 0.2) is 0 Å². The first-order valence-corrected chi connectivity index (χ1v) is 2.10. The van der Waals surface area contributed by atoms with Crippen LogP contribution < -0.4 is 0 Å². The van der Waals surface area contributed by atoms with Gasteiger partial charge in [-0.15, -0.1) is 0 Å². The first-order valence-electron chi connectivity index (χ1n) is 0.698. The number of rotatable bonds is 0. The number of hydrogen-bond acceptors (Lipinski definition) is 2. The predicted octanol–water partition coefficient (Wildman–Crippen LogP) is -1.68. The van der Waals surface area contributed by atoms with Crippen molar-refractivity contribution in [3.8, 4) is 0 Å². The van der Waals surface area contributed by atoms with E-state index in [1.807, 2.05) is 0 Å². The summed E-state index contributed by atoms with van der Waals surface area (Å²) in [6, 6.07) is 0. The van der Waals surface area contributed by atoms with E-state index in [0.717, 1.165) is 0 Å². The predicted molar refractivity (Wildman–Crippen MR) is 26.6 cm³/mol. The van der Waals surface area contributed by atoms with E-state index >= 15 is 0 Å². The van der Waals surface area contributed by atoms with Crippen molar-refractivity contribution in [3.63, 3.8) is 0 Å². The minimum atomic E-state index is -4.67. The Kier molecular flexibility index (Phi) is 10.0. The van der Waals surface area contributed by atoms with Crippen LogP contribution in [-0.2, 0) is 10.4 Å². The maximum Gasteiger partial charge on any atom is 0.394 e. The van der Waals surface area contributed by atoms with E-state index in [-0.39, 0.29) is 22.1 Å². The molecule has 0 rings (SSSR count). The fourth-order valence-electron chi connectivity index (χ4n) is 0. The molecule has 46 valence electrons. The molecule has 0 aromatic rings. The van der Waals surface area contributed by atoms with Crippen LogP contribution in [0.2, 0.25) is 0 Å². The molecule has 0 amide bonds. The number of halogens is 1. The van der Waals surface area contributed by atoms with Gasteiger partial charge in [-0.3, -0.25) is 13.8 Å². The molecule has 0 aliphatic carbocycles. The monoisotopic (exact) mass is 148 g/mol. The van der Waals surface area contributed by atoms with Gasteiger partial charge in [-0.1, -0.05) is 0 Å². The molecule has 0 aliphatic rings. The summed E-state index contributed by atoms with van der Waals surface area (Å²) in [5, 5.41) is 0. The van der Waals surface area contributed by atoms with Crippen LogP contribution in [0.1, 0.15) is 0 Å². The Bertz CT molecular complexity index is 94.9. The van der Waals surface area contributed by atoms with Gasteiger partial charge in [-0.2, -0.15) is 8.42 Å². The van der Waals surface area contributed by atoms with Crippen LogP contribution in [0.25, 0.3) is 0 Å². The van der Waals surface area contributed by atoms with Gasteiger partial charge >= 0.3 is 10.4 Å². The molecule has 2 N–H and O–H groups in total. The molecular formula is H6AlFO4S. The van der Waals surface area contributed by atoms with Crippen molar-refractivity contribution >= 4 is 27.8 Å². The summed E-state index contributed by atoms with van der Waals surface area (Å²) in [7, 11) is -4.67. The van der Waals surface area contributed by atoms with Gasteiger partial charge in [0.15, 0.2) is 17.4 Å². The Hall–Kier alpha value is 0.332. The molecule has 0 aromatic heterocycles. The van der Waals surface area contributed by atoms with Crippen LogP contribution >= 0.6 is 0 Å². The summed E-state index contributed by atoms with van der Waals surface area (Å²) < 4.78 is 31.6. The third-order valence-corrected chi connectivity index (χ3v) is 0. The lowest BCUT2D eigenvalue weighted by Gasteiger charge is -1.68. The third kappa shape index (κ3) is 1080. The van der Waals surface area contributed by atoms with E-state index in [9.17, 15) is 0 Å². The highest BCUT2D eigenvalue weighted by atomic mass is 32.3. The Labute approximate surface area is 50.6 Å². The van der Waals surface area contributed by atoms with E-state index in [1.54, 1.807) is 0 Å². The van der Waals surface area contributed by atoms with Gasteiger partial charge in [0.2, 0.25) is 0 Å². The van der Waals surface area contributed by atoms with E-state index in [1.165, 1.54) is 0 Å². The van der Waals surface area contributed by atoms with Crippen LogP contribution in [0.4, 0.5) is 4.70 Å². The third-order valence-electron chi connectivity index (χ3n) is 0. The maximum atomic E-state index is 8.74. The first kappa shape index (κ1) is 15.7. The van der Waals surface area contributed by atoms with Crippen molar-refractivity contribution in [2.75, 3.05) is 0 Å². The molecule has 0 saturated carbocycles. The fourth-order valence-corrected chi connectivity index (χ4v) is 0. The molecule has 0 atom stereocenters. The summed E-state index contributed by atoms with van der Waals surface area (Å²) in [6.07, 6.45) is 0. The summed E-state index contributed by atoms with van der Waals surface area (Å²) in [6.45, 7) is 0. The highest BCUT2D eigenvalue weighted by Crippen LogP contribution is 1.59.